The molecule has 1 radical (unpaired) electrons. The van der Waals surface area contributed by atoms with Gasteiger partial charge in [0.15, 0.2) is 0 Å². The zero-order chi connectivity index (χ0) is 33.3. The molecular weight excluding hydrogens is 809 g/mol. The summed E-state index contributed by atoms with van der Waals surface area (Å²) >= 11 is 1.84. The summed E-state index contributed by atoms with van der Waals surface area (Å²) in [6, 6.07) is 48.9. The van der Waals surface area contributed by atoms with E-state index in [4.69, 9.17) is 4.98 Å². The topological polar surface area (TPSA) is 25.8 Å². The molecule has 245 valence electrons. The van der Waals surface area contributed by atoms with Crippen molar-refractivity contribution in [3.63, 3.8) is 0 Å². The molecule has 0 aliphatic carbocycles. The molecule has 8 rings (SSSR count). The van der Waals surface area contributed by atoms with Crippen LogP contribution in [0.3, 0.4) is 0 Å². The average Bonchev–Trinajstić information content (AvgIpc) is 3.51. The molecule has 0 aliphatic heterocycles. The zero-order valence-electron chi connectivity index (χ0n) is 28.4. The Morgan fingerprint density at radius 2 is 1.35 bits per heavy atom. The van der Waals surface area contributed by atoms with E-state index in [1.54, 1.807) is 0 Å². The van der Waals surface area contributed by atoms with Crippen molar-refractivity contribution in [2.45, 2.75) is 39.4 Å². The van der Waals surface area contributed by atoms with Gasteiger partial charge in [-0.3, -0.25) is 0 Å². The van der Waals surface area contributed by atoms with E-state index < -0.39 is 8.07 Å². The number of pyridine rings is 2. The van der Waals surface area contributed by atoms with Gasteiger partial charge in [-0.25, -0.2) is 0 Å². The molecule has 49 heavy (non-hydrogen) atoms. The van der Waals surface area contributed by atoms with E-state index in [0.717, 1.165) is 27.9 Å². The Labute approximate surface area is 308 Å². The number of aromatic nitrogens is 2. The Kier molecular flexibility index (Phi) is 10.4. The van der Waals surface area contributed by atoms with Crippen LogP contribution in [0.1, 0.15) is 25.3 Å². The molecule has 0 saturated heterocycles. The van der Waals surface area contributed by atoms with Gasteiger partial charge in [0.1, 0.15) is 0 Å². The fraction of sp³-hybridized carbons (Fsp3) is 0.136. The van der Waals surface area contributed by atoms with Gasteiger partial charge in [0, 0.05) is 37.2 Å². The van der Waals surface area contributed by atoms with Crippen molar-refractivity contribution in [3.8, 4) is 33.6 Å². The summed E-state index contributed by atoms with van der Waals surface area (Å²) in [5.74, 6) is 0.534. The van der Waals surface area contributed by atoms with Crippen LogP contribution < -0.4 is 5.19 Å². The molecule has 8 aromatic rings. The monoisotopic (exact) mass is 847 g/mol. The van der Waals surface area contributed by atoms with E-state index in [-0.39, 0.29) is 20.1 Å². The maximum absolute atomic E-state index is 4.75. The fourth-order valence-corrected chi connectivity index (χ4v) is 9.31. The van der Waals surface area contributed by atoms with Crippen LogP contribution in [0.4, 0.5) is 0 Å². The van der Waals surface area contributed by atoms with Crippen LogP contribution in [0.25, 0.3) is 64.6 Å². The molecule has 0 bridgehead atoms. The van der Waals surface area contributed by atoms with Crippen molar-refractivity contribution < 1.29 is 20.1 Å². The maximum Gasteiger partial charge on any atom is 0.0799 e. The Hall–Kier alpha value is -4.25. The second kappa shape index (κ2) is 14.7. The summed E-state index contributed by atoms with van der Waals surface area (Å²) in [5, 5.41) is 6.40. The normalized spacial score (nSPS) is 11.4. The largest absolute Gasteiger partial charge is 0.305 e. The van der Waals surface area contributed by atoms with Gasteiger partial charge >= 0.3 is 0 Å². The minimum absolute atomic E-state index is 0. The number of thiophene rings is 1. The van der Waals surface area contributed by atoms with Gasteiger partial charge in [-0.2, -0.15) is 11.3 Å². The van der Waals surface area contributed by atoms with Crippen LogP contribution in [0.2, 0.25) is 19.6 Å². The predicted octanol–water partition coefficient (Wildman–Crippen LogP) is 12.0. The number of hydrogen-bond donors (Lipinski definition) is 0. The molecule has 0 N–H and O–H groups in total. The standard InChI is InChI=1S/C27H16NS.C17H22NSi.Ir/c1-2-8-18(9-3-1)21-12-6-13-22-23-14-7-15-24(27(23)29-26(21)22)25-16-19-10-4-5-11-20(19)17-28-25;1-13(2)15-11-16(14-9-7-6-8-10-14)18-12-17(15)19(3,4)5;/h1-14,16-17H;6-9,11-13H,1-5H3;/q2*-1;. The predicted molar refractivity (Wildman–Crippen MR) is 210 cm³/mol. The number of hydrogen-bond acceptors (Lipinski definition) is 3. The van der Waals surface area contributed by atoms with Gasteiger partial charge in [0.05, 0.1) is 8.07 Å². The maximum atomic E-state index is 4.75. The molecule has 0 aliphatic rings. The zero-order valence-corrected chi connectivity index (χ0v) is 32.6. The number of fused-ring (bicyclic) bond motifs is 4. The van der Waals surface area contributed by atoms with Gasteiger partial charge < -0.3 is 9.97 Å². The fourth-order valence-electron chi connectivity index (χ4n) is 6.29. The first kappa shape index (κ1) is 34.6. The third-order valence-corrected chi connectivity index (χ3v) is 12.1. The molecule has 0 atom stereocenters. The Bertz CT molecular complexity index is 2360. The summed E-state index contributed by atoms with van der Waals surface area (Å²) in [4.78, 5) is 9.42. The van der Waals surface area contributed by atoms with Crippen molar-refractivity contribution in [3.05, 3.63) is 151 Å². The van der Waals surface area contributed by atoms with Gasteiger partial charge in [-0.05, 0) is 54.5 Å². The number of benzene rings is 5. The summed E-state index contributed by atoms with van der Waals surface area (Å²) in [7, 11) is -1.34. The number of rotatable bonds is 5. The quantitative estimate of drug-likeness (QED) is 0.127. The molecule has 0 unspecified atom stereocenters. The van der Waals surface area contributed by atoms with Crippen molar-refractivity contribution in [1.29, 1.82) is 0 Å². The SMILES string of the molecule is CC(C)c1cc(-c2[c-]cccc2)ncc1[Si](C)(C)C.[Ir].[c-]1ccc2c(sc3c(-c4ccccc4)cccc32)c1-c1cc2ccccc2cn1. The summed E-state index contributed by atoms with van der Waals surface area (Å²) in [6.45, 7) is 11.7. The molecule has 5 aromatic carbocycles. The Morgan fingerprint density at radius 3 is 2.08 bits per heavy atom. The van der Waals surface area contributed by atoms with Gasteiger partial charge in [-0.15, -0.1) is 59.7 Å². The first-order chi connectivity index (χ1) is 23.3. The number of nitrogens with zero attached hydrogens (tertiary/aromatic N) is 2. The van der Waals surface area contributed by atoms with Crippen molar-refractivity contribution in [2.24, 2.45) is 0 Å². The molecule has 3 aromatic heterocycles. The van der Waals surface area contributed by atoms with E-state index in [2.05, 4.69) is 148 Å². The summed E-state index contributed by atoms with van der Waals surface area (Å²) in [5.41, 5.74) is 8.13. The van der Waals surface area contributed by atoms with Crippen LogP contribution >= 0.6 is 11.3 Å². The summed E-state index contributed by atoms with van der Waals surface area (Å²) in [6.07, 6.45) is 4.05. The van der Waals surface area contributed by atoms with Gasteiger partial charge in [-0.1, -0.05) is 129 Å². The molecule has 0 saturated carbocycles. The van der Waals surface area contributed by atoms with E-state index in [0.29, 0.717) is 5.92 Å². The molecule has 0 amide bonds. The third-order valence-electron chi connectivity index (χ3n) is 8.78. The van der Waals surface area contributed by atoms with E-state index in [1.165, 1.54) is 47.4 Å². The second-order valence-electron chi connectivity index (χ2n) is 13.5. The van der Waals surface area contributed by atoms with E-state index >= 15 is 0 Å². The van der Waals surface area contributed by atoms with Crippen molar-refractivity contribution in [1.82, 2.24) is 9.97 Å². The van der Waals surface area contributed by atoms with Gasteiger partial charge in [0.2, 0.25) is 0 Å². The van der Waals surface area contributed by atoms with E-state index in [1.807, 2.05) is 47.9 Å². The minimum Gasteiger partial charge on any atom is -0.305 e. The van der Waals surface area contributed by atoms with Crippen molar-refractivity contribution >= 4 is 55.5 Å². The molecule has 0 spiro atoms. The Balaban J connectivity index is 0.000000183. The van der Waals surface area contributed by atoms with Crippen LogP contribution in [-0.2, 0) is 20.1 Å². The third kappa shape index (κ3) is 7.22. The van der Waals surface area contributed by atoms with Gasteiger partial charge in [0.25, 0.3) is 0 Å². The minimum atomic E-state index is -1.34. The van der Waals surface area contributed by atoms with E-state index in [9.17, 15) is 0 Å². The first-order valence-corrected chi connectivity index (χ1v) is 20.8. The van der Waals surface area contributed by atoms with Crippen LogP contribution in [-0.4, -0.2) is 18.0 Å². The van der Waals surface area contributed by atoms with Crippen LogP contribution in [0, 0.1) is 12.1 Å². The Morgan fingerprint density at radius 1 is 0.633 bits per heavy atom. The van der Waals surface area contributed by atoms with Crippen molar-refractivity contribution in [2.75, 3.05) is 0 Å². The molecule has 5 heteroatoms. The van der Waals surface area contributed by atoms with Crippen LogP contribution in [0.5, 0.6) is 0 Å². The smallest absolute Gasteiger partial charge is 0.0799 e. The molecule has 0 fully saturated rings. The molecule has 3 heterocycles. The van der Waals surface area contributed by atoms with Crippen LogP contribution in [0.15, 0.2) is 134 Å². The molecular formula is C44H38IrN2SSi-2. The molecule has 2 nitrogen and oxygen atoms in total. The second-order valence-corrected chi connectivity index (χ2v) is 19.6. The first-order valence-electron chi connectivity index (χ1n) is 16.5. The average molecular weight is 847 g/mol. The summed E-state index contributed by atoms with van der Waals surface area (Å²) < 4.78 is 2.56.